The summed E-state index contributed by atoms with van der Waals surface area (Å²) in [4.78, 5) is 12.0. The Morgan fingerprint density at radius 3 is 2.65 bits per heavy atom. The average Bonchev–Trinajstić information content (AvgIpc) is 2.59. The fraction of sp³-hybridized carbons (Fsp3) is 0.389. The zero-order valence-corrected chi connectivity index (χ0v) is 13.5. The summed E-state index contributed by atoms with van der Waals surface area (Å²) >= 11 is 0. The number of nitrogens with one attached hydrogen (secondary N) is 1. The summed E-state index contributed by atoms with van der Waals surface area (Å²) in [6, 6.07) is 14.1. The Morgan fingerprint density at radius 1 is 1.13 bits per heavy atom. The fourth-order valence-electron chi connectivity index (χ4n) is 2.38. The maximum atomic E-state index is 12.0. The summed E-state index contributed by atoms with van der Waals surface area (Å²) in [6.07, 6.45) is 0.313. The molecule has 0 heterocycles. The van der Waals surface area contributed by atoms with E-state index < -0.39 is 0 Å². The van der Waals surface area contributed by atoms with Crippen molar-refractivity contribution < 1.29 is 14.3 Å². The van der Waals surface area contributed by atoms with Crippen LogP contribution in [-0.4, -0.2) is 39.4 Å². The third-order valence-electron chi connectivity index (χ3n) is 3.65. The number of ether oxygens (including phenoxy) is 2. The summed E-state index contributed by atoms with van der Waals surface area (Å²) in [5, 5.41) is 5.27. The van der Waals surface area contributed by atoms with Crippen LogP contribution < -0.4 is 11.1 Å². The average molecular weight is 316 g/mol. The van der Waals surface area contributed by atoms with E-state index in [1.165, 1.54) is 5.39 Å². The van der Waals surface area contributed by atoms with Gasteiger partial charge in [-0.3, -0.25) is 4.79 Å². The molecular formula is C18H24N2O3. The first-order valence-electron chi connectivity index (χ1n) is 7.79. The molecule has 1 atom stereocenters. The van der Waals surface area contributed by atoms with Gasteiger partial charge in [-0.15, -0.1) is 0 Å². The van der Waals surface area contributed by atoms with Gasteiger partial charge in [0.05, 0.1) is 25.9 Å². The highest BCUT2D eigenvalue weighted by Crippen LogP contribution is 2.20. The molecule has 2 aromatic carbocycles. The number of rotatable bonds is 9. The van der Waals surface area contributed by atoms with Crippen LogP contribution in [0.25, 0.3) is 10.8 Å². The van der Waals surface area contributed by atoms with E-state index in [1.807, 2.05) is 24.3 Å². The molecule has 2 aromatic rings. The van der Waals surface area contributed by atoms with Crippen LogP contribution in [0.4, 0.5) is 0 Å². The minimum absolute atomic E-state index is 0.0639. The molecule has 0 saturated carbocycles. The predicted molar refractivity (Wildman–Crippen MR) is 91.2 cm³/mol. The van der Waals surface area contributed by atoms with E-state index >= 15 is 0 Å². The van der Waals surface area contributed by atoms with Gasteiger partial charge in [0.25, 0.3) is 0 Å². The van der Waals surface area contributed by atoms with Crippen LogP contribution in [0.5, 0.6) is 0 Å². The topological polar surface area (TPSA) is 73.6 Å². The molecule has 124 valence electrons. The first kappa shape index (κ1) is 17.4. The van der Waals surface area contributed by atoms with Crippen LogP contribution in [0, 0.1) is 0 Å². The molecule has 0 aliphatic heterocycles. The van der Waals surface area contributed by atoms with Crippen LogP contribution in [0.3, 0.4) is 0 Å². The van der Waals surface area contributed by atoms with Crippen molar-refractivity contribution in [2.24, 2.45) is 5.73 Å². The van der Waals surface area contributed by atoms with Crippen molar-refractivity contribution in [1.29, 1.82) is 0 Å². The van der Waals surface area contributed by atoms with Crippen LogP contribution >= 0.6 is 0 Å². The first-order valence-corrected chi connectivity index (χ1v) is 7.79. The normalized spacial score (nSPS) is 12.3. The molecule has 5 nitrogen and oxygen atoms in total. The number of fused-ring (bicyclic) bond motifs is 1. The van der Waals surface area contributed by atoms with Crippen LogP contribution in [0.1, 0.15) is 18.0 Å². The molecule has 3 N–H and O–H groups in total. The zero-order chi connectivity index (χ0) is 16.5. The van der Waals surface area contributed by atoms with Gasteiger partial charge in [0.15, 0.2) is 0 Å². The lowest BCUT2D eigenvalue weighted by Gasteiger charge is -2.18. The van der Waals surface area contributed by atoms with Crippen molar-refractivity contribution in [3.63, 3.8) is 0 Å². The highest BCUT2D eigenvalue weighted by molar-refractivity contribution is 5.83. The van der Waals surface area contributed by atoms with Crippen LogP contribution in [-0.2, 0) is 14.3 Å². The Kier molecular flexibility index (Phi) is 7.00. The van der Waals surface area contributed by atoms with E-state index in [-0.39, 0.29) is 11.9 Å². The molecule has 0 saturated heterocycles. The fourth-order valence-corrected chi connectivity index (χ4v) is 2.38. The highest BCUT2D eigenvalue weighted by Gasteiger charge is 2.13. The second-order valence-corrected chi connectivity index (χ2v) is 5.32. The van der Waals surface area contributed by atoms with E-state index in [1.54, 1.807) is 7.11 Å². The number of methoxy groups -OCH3 is 1. The molecule has 0 fully saturated rings. The number of hydrogen-bond acceptors (Lipinski definition) is 4. The molecule has 0 aromatic heterocycles. The molecule has 23 heavy (non-hydrogen) atoms. The SMILES string of the molecule is COCCOCCC(=O)NC(CN)c1ccc2ccccc2c1. The van der Waals surface area contributed by atoms with E-state index in [0.29, 0.717) is 32.8 Å². The number of carbonyl (C=O) groups is 1. The first-order chi connectivity index (χ1) is 11.2. The van der Waals surface area contributed by atoms with E-state index in [4.69, 9.17) is 15.2 Å². The molecule has 0 bridgehead atoms. The maximum absolute atomic E-state index is 12.0. The van der Waals surface area contributed by atoms with E-state index in [9.17, 15) is 4.79 Å². The molecule has 0 spiro atoms. The van der Waals surface area contributed by atoms with Crippen molar-refractivity contribution in [3.05, 3.63) is 48.0 Å². The van der Waals surface area contributed by atoms with Gasteiger partial charge in [-0.1, -0.05) is 36.4 Å². The van der Waals surface area contributed by atoms with Gasteiger partial charge in [0.1, 0.15) is 0 Å². The van der Waals surface area contributed by atoms with Gasteiger partial charge in [0, 0.05) is 20.1 Å². The second kappa shape index (κ2) is 9.25. The highest BCUT2D eigenvalue weighted by atomic mass is 16.5. The van der Waals surface area contributed by atoms with Crippen molar-refractivity contribution in [2.45, 2.75) is 12.5 Å². The quantitative estimate of drug-likeness (QED) is 0.694. The molecule has 0 aliphatic carbocycles. The number of benzene rings is 2. The lowest BCUT2D eigenvalue weighted by molar-refractivity contribution is -0.123. The van der Waals surface area contributed by atoms with Crippen molar-refractivity contribution >= 4 is 16.7 Å². The van der Waals surface area contributed by atoms with E-state index in [0.717, 1.165) is 10.9 Å². The van der Waals surface area contributed by atoms with Crippen LogP contribution in [0.2, 0.25) is 0 Å². The monoisotopic (exact) mass is 316 g/mol. The lowest BCUT2D eigenvalue weighted by Crippen LogP contribution is -2.33. The Hall–Kier alpha value is -1.95. The van der Waals surface area contributed by atoms with Crippen LogP contribution in [0.15, 0.2) is 42.5 Å². The summed E-state index contributed by atoms with van der Waals surface area (Å²) in [7, 11) is 1.62. The number of hydrogen-bond donors (Lipinski definition) is 2. The molecule has 0 radical (unpaired) electrons. The smallest absolute Gasteiger partial charge is 0.222 e. The molecule has 2 rings (SSSR count). The van der Waals surface area contributed by atoms with E-state index in [2.05, 4.69) is 23.5 Å². The minimum atomic E-state index is -0.189. The molecule has 1 amide bonds. The summed E-state index contributed by atoms with van der Waals surface area (Å²) in [5.41, 5.74) is 6.84. The molecule has 1 unspecified atom stereocenters. The van der Waals surface area contributed by atoms with Gasteiger partial charge in [-0.2, -0.15) is 0 Å². The predicted octanol–water partition coefficient (Wildman–Crippen LogP) is 2.01. The van der Waals surface area contributed by atoms with Gasteiger partial charge < -0.3 is 20.5 Å². The molecular weight excluding hydrogens is 292 g/mol. The van der Waals surface area contributed by atoms with Gasteiger partial charge in [-0.05, 0) is 22.4 Å². The minimum Gasteiger partial charge on any atom is -0.382 e. The zero-order valence-electron chi connectivity index (χ0n) is 13.5. The third kappa shape index (κ3) is 5.32. The Bertz CT molecular complexity index is 630. The summed E-state index contributed by atoms with van der Waals surface area (Å²) < 4.78 is 10.2. The third-order valence-corrected chi connectivity index (χ3v) is 3.65. The molecule has 0 aliphatic rings. The van der Waals surface area contributed by atoms with Gasteiger partial charge >= 0.3 is 0 Å². The number of amides is 1. The van der Waals surface area contributed by atoms with Gasteiger partial charge in [0.2, 0.25) is 5.91 Å². The lowest BCUT2D eigenvalue weighted by atomic mass is 10.0. The van der Waals surface area contributed by atoms with Crippen molar-refractivity contribution in [2.75, 3.05) is 33.5 Å². The van der Waals surface area contributed by atoms with Crippen molar-refractivity contribution in [1.82, 2.24) is 5.32 Å². The second-order valence-electron chi connectivity index (χ2n) is 5.32. The Morgan fingerprint density at radius 2 is 1.91 bits per heavy atom. The largest absolute Gasteiger partial charge is 0.382 e. The Labute approximate surface area is 136 Å². The standard InChI is InChI=1S/C18H24N2O3/c1-22-10-11-23-9-8-18(21)20-17(13-19)16-7-6-14-4-2-3-5-15(14)12-16/h2-7,12,17H,8-11,13,19H2,1H3,(H,20,21). The number of carbonyl (C=O) groups excluding carboxylic acids is 1. The number of nitrogens with two attached hydrogens (primary N) is 1. The van der Waals surface area contributed by atoms with Crippen molar-refractivity contribution in [3.8, 4) is 0 Å². The summed E-state index contributed by atoms with van der Waals surface area (Å²) in [5.74, 6) is -0.0639. The summed E-state index contributed by atoms with van der Waals surface area (Å²) in [6.45, 7) is 1.76. The Balaban J connectivity index is 1.91. The maximum Gasteiger partial charge on any atom is 0.222 e. The molecule has 5 heteroatoms. The van der Waals surface area contributed by atoms with Gasteiger partial charge in [-0.25, -0.2) is 0 Å².